The third kappa shape index (κ3) is 15.2. The van der Waals surface area contributed by atoms with Crippen LogP contribution in [-0.4, -0.2) is 107 Å². The molecular formula is C19H40N4O6S2. The largest absolute Gasteiger partial charge is 0.339 e. The van der Waals surface area contributed by atoms with Gasteiger partial charge in [0.15, 0.2) is 19.7 Å². The molecule has 0 fully saturated rings. The molecule has 0 aromatic carbocycles. The van der Waals surface area contributed by atoms with Gasteiger partial charge in [0.2, 0.25) is 11.8 Å². The fourth-order valence-corrected chi connectivity index (χ4v) is 5.21. The van der Waals surface area contributed by atoms with E-state index in [1.54, 1.807) is 0 Å². The summed E-state index contributed by atoms with van der Waals surface area (Å²) in [5.74, 6) is -1.47. The number of carbonyl (C=O) groups excluding carboxylic acids is 2. The predicted octanol–water partition coefficient (Wildman–Crippen LogP) is -0.530. The van der Waals surface area contributed by atoms with Crippen molar-refractivity contribution in [3.8, 4) is 0 Å². The van der Waals surface area contributed by atoms with Crippen LogP contribution in [0.5, 0.6) is 0 Å². The van der Waals surface area contributed by atoms with Crippen molar-refractivity contribution in [2.45, 2.75) is 40.5 Å². The number of carbonyl (C=O) groups is 2. The second kappa shape index (κ2) is 15.5. The van der Waals surface area contributed by atoms with Gasteiger partial charge in [0.05, 0.1) is 29.7 Å². The van der Waals surface area contributed by atoms with Crippen molar-refractivity contribution in [3.05, 3.63) is 0 Å². The number of hydrogen-bond acceptors (Lipinski definition) is 8. The Balaban J connectivity index is 4.11. The number of rotatable bonds is 18. The van der Waals surface area contributed by atoms with Gasteiger partial charge in [0, 0.05) is 25.9 Å². The predicted molar refractivity (Wildman–Crippen MR) is 123 cm³/mol. The maximum absolute atomic E-state index is 12.0. The maximum atomic E-state index is 12.0. The summed E-state index contributed by atoms with van der Waals surface area (Å²) in [6.45, 7) is 11.6. The van der Waals surface area contributed by atoms with Crippen molar-refractivity contribution >= 4 is 31.5 Å². The van der Waals surface area contributed by atoms with Crippen LogP contribution >= 0.6 is 0 Å². The molecular weight excluding hydrogens is 444 g/mol. The lowest BCUT2D eigenvalue weighted by Crippen LogP contribution is -2.39. The molecule has 0 aromatic heterocycles. The summed E-state index contributed by atoms with van der Waals surface area (Å²) in [5, 5.41) is 4.85. The van der Waals surface area contributed by atoms with Gasteiger partial charge in [-0.3, -0.25) is 9.59 Å². The summed E-state index contributed by atoms with van der Waals surface area (Å²) in [5.41, 5.74) is 0. The van der Waals surface area contributed by atoms with Gasteiger partial charge in [-0.1, -0.05) is 27.7 Å². The minimum Gasteiger partial charge on any atom is -0.339 e. The third-order valence-corrected chi connectivity index (χ3v) is 8.34. The first kappa shape index (κ1) is 29.8. The lowest BCUT2D eigenvalue weighted by Gasteiger charge is -2.17. The van der Waals surface area contributed by atoms with Crippen LogP contribution in [0.15, 0.2) is 0 Å². The van der Waals surface area contributed by atoms with Gasteiger partial charge in [-0.05, 0) is 26.2 Å². The van der Waals surface area contributed by atoms with Crippen LogP contribution in [0.4, 0.5) is 0 Å². The molecule has 2 amide bonds. The van der Waals surface area contributed by atoms with Gasteiger partial charge in [-0.15, -0.1) is 0 Å². The van der Waals surface area contributed by atoms with E-state index in [9.17, 15) is 26.4 Å². The Morgan fingerprint density at radius 1 is 0.613 bits per heavy atom. The van der Waals surface area contributed by atoms with E-state index in [0.29, 0.717) is 13.1 Å². The average molecular weight is 485 g/mol. The van der Waals surface area contributed by atoms with Crippen molar-refractivity contribution in [1.29, 1.82) is 0 Å². The third-order valence-electron chi connectivity index (χ3n) is 5.08. The smallest absolute Gasteiger partial charge is 0.222 e. The first-order chi connectivity index (χ1) is 14.5. The van der Waals surface area contributed by atoms with Crippen molar-refractivity contribution in [1.82, 2.24) is 20.4 Å². The molecule has 184 valence electrons. The molecule has 12 heteroatoms. The van der Waals surface area contributed by atoms with Crippen LogP contribution in [0.3, 0.4) is 0 Å². The maximum Gasteiger partial charge on any atom is 0.222 e. The number of amides is 2. The molecule has 0 radical (unpaired) electrons. The highest BCUT2D eigenvalue weighted by molar-refractivity contribution is 7.91. The highest BCUT2D eigenvalue weighted by atomic mass is 32.2. The monoisotopic (exact) mass is 484 g/mol. The number of hydrogen-bond donors (Lipinski definition) is 2. The molecule has 0 aliphatic carbocycles. The minimum atomic E-state index is -3.33. The molecule has 0 aliphatic rings. The zero-order chi connectivity index (χ0) is 23.9. The van der Waals surface area contributed by atoms with Crippen LogP contribution in [0.1, 0.15) is 40.5 Å². The normalized spacial score (nSPS) is 12.3. The zero-order valence-electron chi connectivity index (χ0n) is 19.4. The Bertz CT molecular complexity index is 670. The highest BCUT2D eigenvalue weighted by Crippen LogP contribution is 1.98. The summed E-state index contributed by atoms with van der Waals surface area (Å²) in [4.78, 5) is 27.6. The molecule has 0 unspecified atom stereocenters. The summed E-state index contributed by atoms with van der Waals surface area (Å²) >= 11 is 0. The Morgan fingerprint density at radius 3 is 1.23 bits per heavy atom. The van der Waals surface area contributed by atoms with Crippen LogP contribution < -0.4 is 10.6 Å². The molecule has 0 bridgehead atoms. The van der Waals surface area contributed by atoms with E-state index in [4.69, 9.17) is 0 Å². The highest BCUT2D eigenvalue weighted by Gasteiger charge is 2.16. The summed E-state index contributed by atoms with van der Waals surface area (Å²) in [6.07, 6.45) is -0.369. The van der Waals surface area contributed by atoms with Gasteiger partial charge in [0.25, 0.3) is 0 Å². The van der Waals surface area contributed by atoms with Gasteiger partial charge in [-0.2, -0.15) is 0 Å². The van der Waals surface area contributed by atoms with E-state index in [-0.39, 0.29) is 42.5 Å². The van der Waals surface area contributed by atoms with Gasteiger partial charge in [0.1, 0.15) is 0 Å². The van der Waals surface area contributed by atoms with Crippen LogP contribution in [-0.2, 0) is 29.3 Å². The molecule has 0 saturated carbocycles. The molecule has 0 aliphatic heterocycles. The zero-order valence-corrected chi connectivity index (χ0v) is 21.0. The number of nitrogens with zero attached hydrogens (tertiary/aromatic N) is 2. The van der Waals surface area contributed by atoms with Gasteiger partial charge in [-0.25, -0.2) is 16.8 Å². The van der Waals surface area contributed by atoms with Crippen molar-refractivity contribution < 1.29 is 26.4 Å². The number of nitrogens with one attached hydrogen (secondary N) is 2. The van der Waals surface area contributed by atoms with E-state index in [0.717, 1.165) is 26.2 Å². The standard InChI is InChI=1S/C19H40N4O6S2/c1-5-22(6-2)11-15-30(26,27)13-9-18(24)20-17-21-19(25)10-14-31(28,29)16-12-23(7-3)8-4/h5-17H2,1-4H3,(H,20,24)(H,21,25). The van der Waals surface area contributed by atoms with Crippen molar-refractivity contribution in [2.24, 2.45) is 0 Å². The van der Waals surface area contributed by atoms with Crippen LogP contribution in [0.2, 0.25) is 0 Å². The molecule has 2 N–H and O–H groups in total. The topological polar surface area (TPSA) is 133 Å². The molecule has 0 rings (SSSR count). The quantitative estimate of drug-likeness (QED) is 0.248. The van der Waals surface area contributed by atoms with Crippen LogP contribution in [0, 0.1) is 0 Å². The fraction of sp³-hybridized carbons (Fsp3) is 0.895. The SMILES string of the molecule is CCN(CC)CCS(=O)(=O)CCC(=O)NCNC(=O)CCS(=O)(=O)CCN(CC)CC. The Hall–Kier alpha value is -1.24. The van der Waals surface area contributed by atoms with E-state index in [1.807, 2.05) is 37.5 Å². The summed E-state index contributed by atoms with van der Waals surface area (Å²) < 4.78 is 48.1. The van der Waals surface area contributed by atoms with Crippen molar-refractivity contribution in [2.75, 3.05) is 68.9 Å². The summed E-state index contributed by atoms with van der Waals surface area (Å²) in [6, 6.07) is 0. The second-order valence-electron chi connectivity index (χ2n) is 7.23. The Kier molecular flexibility index (Phi) is 14.9. The molecule has 10 nitrogen and oxygen atoms in total. The lowest BCUT2D eigenvalue weighted by atomic mass is 10.4. The minimum absolute atomic E-state index is 0.00143. The van der Waals surface area contributed by atoms with E-state index >= 15 is 0 Å². The number of sulfone groups is 2. The molecule has 0 saturated heterocycles. The van der Waals surface area contributed by atoms with E-state index in [1.165, 1.54) is 0 Å². The van der Waals surface area contributed by atoms with Gasteiger partial charge < -0.3 is 20.4 Å². The van der Waals surface area contributed by atoms with E-state index in [2.05, 4.69) is 10.6 Å². The van der Waals surface area contributed by atoms with Gasteiger partial charge >= 0.3 is 0 Å². The molecule has 0 aromatic rings. The Morgan fingerprint density at radius 2 is 0.935 bits per heavy atom. The fourth-order valence-electron chi connectivity index (χ4n) is 2.73. The first-order valence-corrected chi connectivity index (χ1v) is 14.5. The second-order valence-corrected chi connectivity index (χ2v) is 11.8. The van der Waals surface area contributed by atoms with Crippen molar-refractivity contribution in [3.63, 3.8) is 0 Å². The van der Waals surface area contributed by atoms with E-state index < -0.39 is 31.5 Å². The Labute approximate surface area is 188 Å². The molecule has 0 atom stereocenters. The van der Waals surface area contributed by atoms with Crippen LogP contribution in [0.25, 0.3) is 0 Å². The molecule has 0 spiro atoms. The first-order valence-electron chi connectivity index (χ1n) is 10.9. The lowest BCUT2D eigenvalue weighted by molar-refractivity contribution is -0.122. The summed E-state index contributed by atoms with van der Waals surface area (Å²) in [7, 11) is -6.67. The molecule has 0 heterocycles. The molecule has 31 heavy (non-hydrogen) atoms. The average Bonchev–Trinajstić information content (AvgIpc) is 2.72.